The highest BCUT2D eigenvalue weighted by Gasteiger charge is 2.16. The highest BCUT2D eigenvalue weighted by molar-refractivity contribution is 5.78. The Morgan fingerprint density at radius 3 is 2.44 bits per heavy atom. The summed E-state index contributed by atoms with van der Waals surface area (Å²) in [6.07, 6.45) is 0. The lowest BCUT2D eigenvalue weighted by Gasteiger charge is -2.17. The Kier molecular flexibility index (Phi) is 3.90. The Balaban J connectivity index is 2.97. The number of rotatable bonds is 4. The summed E-state index contributed by atoms with van der Waals surface area (Å²) >= 11 is 0. The molecule has 0 spiro atoms. The highest BCUT2D eigenvalue weighted by atomic mass is 16.4. The lowest BCUT2D eigenvalue weighted by Crippen LogP contribution is -2.33. The van der Waals surface area contributed by atoms with Crippen molar-refractivity contribution in [1.29, 1.82) is 0 Å². The van der Waals surface area contributed by atoms with Gasteiger partial charge in [0.25, 0.3) is 0 Å². The summed E-state index contributed by atoms with van der Waals surface area (Å²) in [5.74, 6) is -1.06. The minimum atomic E-state index is -1.06. The van der Waals surface area contributed by atoms with Gasteiger partial charge in [0.15, 0.2) is 0 Å². The molecule has 1 aromatic carbocycles. The Labute approximate surface area is 94.9 Å². The van der Waals surface area contributed by atoms with Gasteiger partial charge in [0.05, 0.1) is 6.61 Å². The van der Waals surface area contributed by atoms with Gasteiger partial charge in [-0.25, -0.2) is 4.79 Å². The van der Waals surface area contributed by atoms with Crippen molar-refractivity contribution in [2.45, 2.75) is 26.8 Å². The van der Waals surface area contributed by atoms with Crippen molar-refractivity contribution in [3.05, 3.63) is 28.8 Å². The number of hydrogen-bond acceptors (Lipinski definition) is 3. The normalized spacial score (nSPS) is 12.2. The number of aliphatic hydroxyl groups is 1. The van der Waals surface area contributed by atoms with Crippen LogP contribution in [0.1, 0.15) is 16.7 Å². The molecule has 16 heavy (non-hydrogen) atoms. The predicted octanol–water partition coefficient (Wildman–Crippen LogP) is 1.47. The minimum absolute atomic E-state index is 0.429. The van der Waals surface area contributed by atoms with Crippen molar-refractivity contribution in [2.24, 2.45) is 0 Å². The van der Waals surface area contributed by atoms with Crippen LogP contribution in [-0.2, 0) is 4.79 Å². The van der Waals surface area contributed by atoms with E-state index in [0.29, 0.717) is 0 Å². The van der Waals surface area contributed by atoms with Gasteiger partial charge in [0, 0.05) is 5.69 Å². The minimum Gasteiger partial charge on any atom is -0.480 e. The molecule has 0 fully saturated rings. The number of nitrogens with one attached hydrogen (secondary N) is 1. The van der Waals surface area contributed by atoms with Crippen molar-refractivity contribution in [2.75, 3.05) is 11.9 Å². The summed E-state index contributed by atoms with van der Waals surface area (Å²) in [7, 11) is 0. The zero-order valence-corrected chi connectivity index (χ0v) is 9.74. The third kappa shape index (κ3) is 2.52. The molecule has 3 N–H and O–H groups in total. The Bertz CT molecular complexity index is 401. The molecule has 88 valence electrons. The van der Waals surface area contributed by atoms with Crippen LogP contribution in [0.4, 0.5) is 5.69 Å². The van der Waals surface area contributed by atoms with Gasteiger partial charge in [-0.15, -0.1) is 0 Å². The molecule has 4 heteroatoms. The number of carboxylic acid groups (broad SMARTS) is 1. The molecule has 0 heterocycles. The molecule has 0 saturated carbocycles. The van der Waals surface area contributed by atoms with Crippen molar-refractivity contribution in [3.63, 3.8) is 0 Å². The van der Waals surface area contributed by atoms with E-state index >= 15 is 0 Å². The molecule has 1 unspecified atom stereocenters. The lowest BCUT2D eigenvalue weighted by molar-refractivity contribution is -0.138. The Morgan fingerprint density at radius 1 is 1.31 bits per heavy atom. The van der Waals surface area contributed by atoms with Gasteiger partial charge in [-0.05, 0) is 43.5 Å². The fourth-order valence-electron chi connectivity index (χ4n) is 1.49. The molecule has 0 aliphatic rings. The number of aliphatic carboxylic acids is 1. The number of anilines is 1. The van der Waals surface area contributed by atoms with Crippen molar-refractivity contribution >= 4 is 11.7 Å². The lowest BCUT2D eigenvalue weighted by atomic mass is 10.0. The molecule has 1 atom stereocenters. The molecule has 0 aliphatic carbocycles. The summed E-state index contributed by atoms with van der Waals surface area (Å²) in [6, 6.07) is 2.81. The first kappa shape index (κ1) is 12.5. The number of benzene rings is 1. The quantitative estimate of drug-likeness (QED) is 0.723. The van der Waals surface area contributed by atoms with E-state index in [1.165, 1.54) is 5.56 Å². The molecule has 0 amide bonds. The van der Waals surface area contributed by atoms with Gasteiger partial charge in [-0.1, -0.05) is 6.07 Å². The van der Waals surface area contributed by atoms with Gasteiger partial charge >= 0.3 is 5.97 Å². The Morgan fingerprint density at radius 2 is 1.94 bits per heavy atom. The van der Waals surface area contributed by atoms with Crippen LogP contribution in [0.3, 0.4) is 0 Å². The molecule has 0 aliphatic heterocycles. The molecular formula is C12H17NO3. The molecule has 1 rings (SSSR count). The number of carboxylic acids is 1. The van der Waals surface area contributed by atoms with E-state index in [9.17, 15) is 4.79 Å². The van der Waals surface area contributed by atoms with E-state index in [0.717, 1.165) is 16.8 Å². The maximum absolute atomic E-state index is 10.8. The monoisotopic (exact) mass is 223 g/mol. The van der Waals surface area contributed by atoms with Crippen molar-refractivity contribution in [1.82, 2.24) is 0 Å². The molecule has 0 saturated heterocycles. The average molecular weight is 223 g/mol. The van der Waals surface area contributed by atoms with Crippen LogP contribution < -0.4 is 5.32 Å². The second kappa shape index (κ2) is 4.99. The Hall–Kier alpha value is -1.55. The van der Waals surface area contributed by atoms with Crippen LogP contribution >= 0.6 is 0 Å². The third-order valence-electron chi connectivity index (χ3n) is 2.87. The van der Waals surface area contributed by atoms with E-state index in [-0.39, 0.29) is 0 Å². The van der Waals surface area contributed by atoms with Crippen LogP contribution in [0.25, 0.3) is 0 Å². The molecular weight excluding hydrogens is 206 g/mol. The maximum atomic E-state index is 10.8. The third-order valence-corrected chi connectivity index (χ3v) is 2.87. The molecule has 0 aromatic heterocycles. The van der Waals surface area contributed by atoms with E-state index < -0.39 is 18.6 Å². The largest absolute Gasteiger partial charge is 0.480 e. The highest BCUT2D eigenvalue weighted by Crippen LogP contribution is 2.22. The van der Waals surface area contributed by atoms with Crippen LogP contribution in [0.2, 0.25) is 0 Å². The van der Waals surface area contributed by atoms with E-state index in [1.807, 2.05) is 32.9 Å². The zero-order chi connectivity index (χ0) is 12.3. The zero-order valence-electron chi connectivity index (χ0n) is 9.74. The van der Waals surface area contributed by atoms with Crippen LogP contribution in [0.15, 0.2) is 12.1 Å². The van der Waals surface area contributed by atoms with E-state index in [4.69, 9.17) is 10.2 Å². The topological polar surface area (TPSA) is 69.6 Å². The number of hydrogen-bond donors (Lipinski definition) is 3. The molecule has 0 bridgehead atoms. The maximum Gasteiger partial charge on any atom is 0.328 e. The molecule has 1 aromatic rings. The second-order valence-electron chi connectivity index (χ2n) is 3.90. The predicted molar refractivity (Wildman–Crippen MR) is 62.8 cm³/mol. The van der Waals surface area contributed by atoms with Crippen LogP contribution in [-0.4, -0.2) is 28.8 Å². The number of aliphatic hydroxyl groups excluding tert-OH is 1. The van der Waals surface area contributed by atoms with Crippen LogP contribution in [0.5, 0.6) is 0 Å². The van der Waals surface area contributed by atoms with Crippen molar-refractivity contribution in [3.8, 4) is 0 Å². The van der Waals surface area contributed by atoms with Gasteiger partial charge in [0.2, 0.25) is 0 Å². The molecule has 4 nitrogen and oxygen atoms in total. The fourth-order valence-corrected chi connectivity index (χ4v) is 1.49. The summed E-state index contributed by atoms with van der Waals surface area (Å²) < 4.78 is 0. The smallest absolute Gasteiger partial charge is 0.328 e. The van der Waals surface area contributed by atoms with E-state index in [1.54, 1.807) is 0 Å². The van der Waals surface area contributed by atoms with Gasteiger partial charge in [-0.2, -0.15) is 0 Å². The van der Waals surface area contributed by atoms with E-state index in [2.05, 4.69) is 5.32 Å². The standard InChI is InChI=1S/C12H17NO3/c1-7-4-5-10(9(3)8(7)2)13-11(6-14)12(15)16/h4-5,11,13-14H,6H2,1-3H3,(H,15,16). The first-order valence-corrected chi connectivity index (χ1v) is 5.14. The first-order chi connectivity index (χ1) is 7.47. The summed E-state index contributed by atoms with van der Waals surface area (Å²) in [6.45, 7) is 5.50. The fraction of sp³-hybridized carbons (Fsp3) is 0.417. The average Bonchev–Trinajstić information content (AvgIpc) is 2.25. The summed E-state index contributed by atoms with van der Waals surface area (Å²) in [5.41, 5.74) is 4.07. The SMILES string of the molecule is Cc1ccc(NC(CO)C(=O)O)c(C)c1C. The van der Waals surface area contributed by atoms with Gasteiger partial charge in [-0.3, -0.25) is 0 Å². The number of carbonyl (C=O) groups is 1. The summed E-state index contributed by atoms with van der Waals surface area (Å²) in [5, 5.41) is 20.6. The van der Waals surface area contributed by atoms with Crippen molar-refractivity contribution < 1.29 is 15.0 Å². The summed E-state index contributed by atoms with van der Waals surface area (Å²) in [4.78, 5) is 10.8. The van der Waals surface area contributed by atoms with Gasteiger partial charge < -0.3 is 15.5 Å². The number of aryl methyl sites for hydroxylation is 1. The van der Waals surface area contributed by atoms with Gasteiger partial charge in [0.1, 0.15) is 6.04 Å². The first-order valence-electron chi connectivity index (χ1n) is 5.14. The second-order valence-corrected chi connectivity index (χ2v) is 3.90. The van der Waals surface area contributed by atoms with Crippen LogP contribution in [0, 0.1) is 20.8 Å². The molecule has 0 radical (unpaired) electrons.